The van der Waals surface area contributed by atoms with Gasteiger partial charge in [0.2, 0.25) is 0 Å². The molecule has 1 aromatic rings. The molecular formula is C24H32O. The second kappa shape index (κ2) is 7.50. The summed E-state index contributed by atoms with van der Waals surface area (Å²) in [5, 5.41) is 0. The van der Waals surface area contributed by atoms with Crippen LogP contribution in [0, 0.1) is 11.8 Å². The van der Waals surface area contributed by atoms with Crippen molar-refractivity contribution in [3.05, 3.63) is 58.7 Å². The van der Waals surface area contributed by atoms with Gasteiger partial charge in [0.25, 0.3) is 0 Å². The zero-order valence-corrected chi connectivity index (χ0v) is 15.8. The van der Waals surface area contributed by atoms with Crippen molar-refractivity contribution in [2.24, 2.45) is 11.8 Å². The van der Waals surface area contributed by atoms with Gasteiger partial charge >= 0.3 is 0 Å². The maximum absolute atomic E-state index is 6.58. The molecule has 0 aromatic heterocycles. The molecule has 1 nitrogen and oxygen atoms in total. The first-order chi connectivity index (χ1) is 12.3. The molecule has 0 spiro atoms. The fourth-order valence-electron chi connectivity index (χ4n) is 5.21. The summed E-state index contributed by atoms with van der Waals surface area (Å²) < 4.78 is 6.58. The lowest BCUT2D eigenvalue weighted by Gasteiger charge is -2.36. The highest BCUT2D eigenvalue weighted by molar-refractivity contribution is 5.46. The molecule has 1 aromatic carbocycles. The summed E-state index contributed by atoms with van der Waals surface area (Å²) in [6.45, 7) is 4.58. The molecule has 2 heterocycles. The average molecular weight is 337 g/mol. The molecule has 0 saturated carbocycles. The second-order valence-electron chi connectivity index (χ2n) is 8.06. The predicted molar refractivity (Wildman–Crippen MR) is 104 cm³/mol. The highest BCUT2D eigenvalue weighted by Gasteiger charge is 2.54. The molecule has 3 aliphatic rings. The molecular weight excluding hydrogens is 304 g/mol. The number of ether oxygens (including phenoxy) is 1. The summed E-state index contributed by atoms with van der Waals surface area (Å²) in [7, 11) is 0. The van der Waals surface area contributed by atoms with Crippen LogP contribution in [0.1, 0.15) is 88.5 Å². The Balaban J connectivity index is 1.62. The van der Waals surface area contributed by atoms with E-state index in [2.05, 4.69) is 50.3 Å². The summed E-state index contributed by atoms with van der Waals surface area (Å²) in [5.74, 6) is 1.19. The molecule has 2 bridgehead atoms. The SMILES string of the molecule is CCCCCC1=CC=C(CCCCC)[C@H]2[C@@H]1[C@H]1O[C@@H]2c2ccccc21. The first-order valence-corrected chi connectivity index (χ1v) is 10.5. The monoisotopic (exact) mass is 336 g/mol. The third-order valence-electron chi connectivity index (χ3n) is 6.45. The van der Waals surface area contributed by atoms with E-state index >= 15 is 0 Å². The van der Waals surface area contributed by atoms with Gasteiger partial charge in [-0.3, -0.25) is 0 Å². The third kappa shape index (κ3) is 3.01. The average Bonchev–Trinajstić information content (AvgIpc) is 3.21. The van der Waals surface area contributed by atoms with Crippen LogP contribution in [0.25, 0.3) is 0 Å². The van der Waals surface area contributed by atoms with Crippen LogP contribution in [-0.4, -0.2) is 0 Å². The Morgan fingerprint density at radius 3 is 1.64 bits per heavy atom. The first kappa shape index (κ1) is 17.1. The zero-order chi connectivity index (χ0) is 17.2. The zero-order valence-electron chi connectivity index (χ0n) is 15.8. The van der Waals surface area contributed by atoms with E-state index in [1.807, 2.05) is 0 Å². The Morgan fingerprint density at radius 2 is 1.20 bits per heavy atom. The van der Waals surface area contributed by atoms with Gasteiger partial charge in [-0.15, -0.1) is 0 Å². The summed E-state index contributed by atoms with van der Waals surface area (Å²) >= 11 is 0. The van der Waals surface area contributed by atoms with Gasteiger partial charge in [0, 0.05) is 11.8 Å². The van der Waals surface area contributed by atoms with Crippen molar-refractivity contribution in [1.82, 2.24) is 0 Å². The fourth-order valence-corrected chi connectivity index (χ4v) is 5.21. The van der Waals surface area contributed by atoms with Gasteiger partial charge in [0.15, 0.2) is 0 Å². The quantitative estimate of drug-likeness (QED) is 0.461. The maximum atomic E-state index is 6.58. The van der Waals surface area contributed by atoms with E-state index in [9.17, 15) is 0 Å². The van der Waals surface area contributed by atoms with E-state index in [-0.39, 0.29) is 0 Å². The van der Waals surface area contributed by atoms with Crippen LogP contribution in [0.3, 0.4) is 0 Å². The van der Waals surface area contributed by atoms with E-state index in [4.69, 9.17) is 4.74 Å². The lowest BCUT2D eigenvalue weighted by molar-refractivity contribution is 0.0584. The normalized spacial score (nSPS) is 29.2. The number of allylic oxidation sites excluding steroid dienone is 2. The number of benzene rings is 1. The maximum Gasteiger partial charge on any atom is 0.0909 e. The number of fused-ring (bicyclic) bond motifs is 8. The fraction of sp³-hybridized carbons (Fsp3) is 0.583. The van der Waals surface area contributed by atoms with Gasteiger partial charge in [0.05, 0.1) is 12.2 Å². The molecule has 1 aliphatic carbocycles. The van der Waals surface area contributed by atoms with Crippen LogP contribution in [0.4, 0.5) is 0 Å². The summed E-state index contributed by atoms with van der Waals surface area (Å²) in [4.78, 5) is 0. The van der Waals surface area contributed by atoms with Gasteiger partial charge in [-0.05, 0) is 36.8 Å². The molecule has 2 aliphatic heterocycles. The predicted octanol–water partition coefficient (Wildman–Crippen LogP) is 7.07. The van der Waals surface area contributed by atoms with Crippen LogP contribution < -0.4 is 0 Å². The van der Waals surface area contributed by atoms with Gasteiger partial charge in [-0.25, -0.2) is 0 Å². The Bertz CT molecular complexity index is 611. The molecule has 0 amide bonds. The molecule has 0 N–H and O–H groups in total. The Hall–Kier alpha value is -1.34. The van der Waals surface area contributed by atoms with Crippen molar-refractivity contribution in [3.63, 3.8) is 0 Å². The number of unbranched alkanes of at least 4 members (excludes halogenated alkanes) is 4. The minimum absolute atomic E-state index is 0.300. The minimum atomic E-state index is 0.300. The Morgan fingerprint density at radius 1 is 0.720 bits per heavy atom. The van der Waals surface area contributed by atoms with Crippen LogP contribution in [0.2, 0.25) is 0 Å². The Labute approximate surface area is 153 Å². The Kier molecular flexibility index (Phi) is 5.12. The molecule has 134 valence electrons. The highest BCUT2D eigenvalue weighted by atomic mass is 16.5. The summed E-state index contributed by atoms with van der Waals surface area (Å²) in [6, 6.07) is 8.96. The van der Waals surface area contributed by atoms with Gasteiger partial charge in [0.1, 0.15) is 0 Å². The van der Waals surface area contributed by atoms with Gasteiger partial charge in [-0.1, -0.05) is 87.1 Å². The second-order valence-corrected chi connectivity index (χ2v) is 8.06. The van der Waals surface area contributed by atoms with Crippen molar-refractivity contribution in [3.8, 4) is 0 Å². The van der Waals surface area contributed by atoms with E-state index in [0.717, 1.165) is 0 Å². The van der Waals surface area contributed by atoms with Crippen molar-refractivity contribution in [1.29, 1.82) is 0 Å². The van der Waals surface area contributed by atoms with Crippen LogP contribution in [-0.2, 0) is 4.74 Å². The highest BCUT2D eigenvalue weighted by Crippen LogP contribution is 2.63. The molecule has 4 rings (SSSR count). The molecule has 1 fully saturated rings. The van der Waals surface area contributed by atoms with Gasteiger partial charge < -0.3 is 4.74 Å². The topological polar surface area (TPSA) is 9.23 Å². The smallest absolute Gasteiger partial charge is 0.0909 e. The third-order valence-corrected chi connectivity index (χ3v) is 6.45. The van der Waals surface area contributed by atoms with Gasteiger partial charge in [-0.2, -0.15) is 0 Å². The number of hydrogen-bond acceptors (Lipinski definition) is 1. The minimum Gasteiger partial charge on any atom is -0.364 e. The molecule has 0 unspecified atom stereocenters. The van der Waals surface area contributed by atoms with E-state index in [1.54, 1.807) is 11.1 Å². The summed E-state index contributed by atoms with van der Waals surface area (Å²) in [6.07, 6.45) is 16.0. The number of hydrogen-bond donors (Lipinski definition) is 0. The standard InChI is InChI=1S/C24H32O/c1-3-5-7-11-17-15-16-18(12-8-6-4-2)22-21(17)23-19-13-9-10-14-20(19)24(22)25-23/h9-10,13-16,21-24H,3-8,11-12H2,1-2H3/t21-,22+,23+,24-. The van der Waals surface area contributed by atoms with Crippen LogP contribution in [0.5, 0.6) is 0 Å². The molecule has 25 heavy (non-hydrogen) atoms. The summed E-state index contributed by atoms with van der Waals surface area (Å²) in [5.41, 5.74) is 6.23. The molecule has 1 saturated heterocycles. The van der Waals surface area contributed by atoms with E-state index < -0.39 is 0 Å². The molecule has 4 atom stereocenters. The first-order valence-electron chi connectivity index (χ1n) is 10.5. The number of rotatable bonds is 8. The lowest BCUT2D eigenvalue weighted by atomic mass is 9.66. The van der Waals surface area contributed by atoms with E-state index in [0.29, 0.717) is 24.0 Å². The molecule has 1 heteroatoms. The largest absolute Gasteiger partial charge is 0.364 e. The van der Waals surface area contributed by atoms with Crippen LogP contribution >= 0.6 is 0 Å². The molecule has 0 radical (unpaired) electrons. The van der Waals surface area contributed by atoms with Crippen molar-refractivity contribution >= 4 is 0 Å². The van der Waals surface area contributed by atoms with Crippen molar-refractivity contribution in [2.75, 3.05) is 0 Å². The van der Waals surface area contributed by atoms with Crippen LogP contribution in [0.15, 0.2) is 47.6 Å². The van der Waals surface area contributed by atoms with Crippen molar-refractivity contribution in [2.45, 2.75) is 77.4 Å². The van der Waals surface area contributed by atoms with Crippen molar-refractivity contribution < 1.29 is 4.74 Å². The lowest BCUT2D eigenvalue weighted by Crippen LogP contribution is -2.27. The van der Waals surface area contributed by atoms with E-state index in [1.165, 1.54) is 62.5 Å².